The van der Waals surface area contributed by atoms with Crippen LogP contribution in [0, 0.1) is 11.7 Å². The molecule has 1 amide bonds. The molecule has 0 saturated carbocycles. The van der Waals surface area contributed by atoms with E-state index in [1.165, 1.54) is 17.8 Å². The van der Waals surface area contributed by atoms with E-state index < -0.39 is 0 Å². The van der Waals surface area contributed by atoms with Crippen molar-refractivity contribution >= 4 is 11.6 Å². The second-order valence-electron chi connectivity index (χ2n) is 7.73. The summed E-state index contributed by atoms with van der Waals surface area (Å²) in [6, 6.07) is 15.1. The monoisotopic (exact) mass is 397 g/mol. The lowest BCUT2D eigenvalue weighted by Gasteiger charge is -2.31. The largest absolute Gasteiger partial charge is 0.372 e. The molecule has 1 N–H and O–H groups in total. The van der Waals surface area contributed by atoms with Crippen molar-refractivity contribution in [3.05, 3.63) is 65.5 Å². The molecule has 29 heavy (non-hydrogen) atoms. The maximum atomic E-state index is 13.0. The minimum Gasteiger partial charge on any atom is -0.372 e. The lowest BCUT2D eigenvalue weighted by atomic mass is 9.95. The molecule has 156 valence electrons. The summed E-state index contributed by atoms with van der Waals surface area (Å²) in [5.41, 5.74) is 3.46. The van der Waals surface area contributed by atoms with E-state index in [2.05, 4.69) is 53.2 Å². The predicted octanol–water partition coefficient (Wildman–Crippen LogP) is 4.20. The van der Waals surface area contributed by atoms with Gasteiger partial charge in [-0.2, -0.15) is 0 Å². The molecule has 1 aliphatic rings. The highest BCUT2D eigenvalue weighted by Gasteiger charge is 2.24. The molecule has 3 rings (SSSR count). The van der Waals surface area contributed by atoms with Crippen molar-refractivity contribution in [1.82, 2.24) is 10.2 Å². The number of benzene rings is 2. The van der Waals surface area contributed by atoms with Gasteiger partial charge in [0.2, 0.25) is 5.91 Å². The molecular formula is C24H32FN3O. The number of anilines is 1. The standard InChI is InChI=1S/C24H32FN3O/c1-3-28(4-2)23-11-7-19(8-12-23)17-26-24(29)21-13-15-27(16-14-21)18-20-5-9-22(25)10-6-20/h5-12,21H,3-4,13-18H2,1-2H3,(H,26,29). The second-order valence-corrected chi connectivity index (χ2v) is 7.73. The summed E-state index contributed by atoms with van der Waals surface area (Å²) >= 11 is 0. The van der Waals surface area contributed by atoms with Crippen LogP contribution in [0.25, 0.3) is 0 Å². The first-order valence-electron chi connectivity index (χ1n) is 10.7. The molecule has 0 unspecified atom stereocenters. The molecule has 0 atom stereocenters. The molecule has 2 aromatic rings. The average Bonchev–Trinajstić information content (AvgIpc) is 2.76. The van der Waals surface area contributed by atoms with Gasteiger partial charge in [0.15, 0.2) is 0 Å². The zero-order valence-electron chi connectivity index (χ0n) is 17.5. The quantitative estimate of drug-likeness (QED) is 0.725. The van der Waals surface area contributed by atoms with Crippen LogP contribution < -0.4 is 10.2 Å². The van der Waals surface area contributed by atoms with Crippen molar-refractivity contribution in [2.75, 3.05) is 31.1 Å². The third-order valence-electron chi connectivity index (χ3n) is 5.81. The van der Waals surface area contributed by atoms with E-state index in [1.807, 2.05) is 12.1 Å². The van der Waals surface area contributed by atoms with E-state index in [0.717, 1.165) is 56.7 Å². The highest BCUT2D eigenvalue weighted by Crippen LogP contribution is 2.20. The van der Waals surface area contributed by atoms with Crippen LogP contribution in [-0.2, 0) is 17.9 Å². The average molecular weight is 398 g/mol. The first-order valence-corrected chi connectivity index (χ1v) is 10.7. The molecule has 2 aromatic carbocycles. The van der Waals surface area contributed by atoms with Gasteiger partial charge in [-0.15, -0.1) is 0 Å². The Hall–Kier alpha value is -2.40. The van der Waals surface area contributed by atoms with E-state index in [-0.39, 0.29) is 17.6 Å². The van der Waals surface area contributed by atoms with Gasteiger partial charge < -0.3 is 10.2 Å². The van der Waals surface area contributed by atoms with Crippen LogP contribution in [0.1, 0.15) is 37.8 Å². The molecule has 1 aliphatic heterocycles. The van der Waals surface area contributed by atoms with E-state index in [9.17, 15) is 9.18 Å². The number of nitrogens with one attached hydrogen (secondary N) is 1. The second kappa shape index (κ2) is 10.4. The van der Waals surface area contributed by atoms with Gasteiger partial charge in [-0.25, -0.2) is 4.39 Å². The number of nitrogens with zero attached hydrogens (tertiary/aromatic N) is 2. The Morgan fingerprint density at radius 2 is 1.59 bits per heavy atom. The maximum absolute atomic E-state index is 13.0. The summed E-state index contributed by atoms with van der Waals surface area (Å²) in [4.78, 5) is 17.2. The highest BCUT2D eigenvalue weighted by atomic mass is 19.1. The number of rotatable bonds is 8. The van der Waals surface area contributed by atoms with Crippen molar-refractivity contribution in [1.29, 1.82) is 0 Å². The van der Waals surface area contributed by atoms with Crippen LogP contribution in [-0.4, -0.2) is 37.0 Å². The molecular weight excluding hydrogens is 365 g/mol. The lowest BCUT2D eigenvalue weighted by molar-refractivity contribution is -0.126. The molecule has 0 spiro atoms. The minimum absolute atomic E-state index is 0.0782. The Morgan fingerprint density at radius 1 is 1.00 bits per heavy atom. The van der Waals surface area contributed by atoms with Crippen molar-refractivity contribution in [2.45, 2.75) is 39.8 Å². The number of piperidine rings is 1. The van der Waals surface area contributed by atoms with Crippen LogP contribution >= 0.6 is 0 Å². The predicted molar refractivity (Wildman–Crippen MR) is 116 cm³/mol. The van der Waals surface area contributed by atoms with E-state index in [0.29, 0.717) is 6.54 Å². The summed E-state index contributed by atoms with van der Waals surface area (Å²) in [6.45, 7) is 9.48. The molecule has 0 aliphatic carbocycles. The van der Waals surface area contributed by atoms with Gasteiger partial charge in [-0.05, 0) is 75.2 Å². The van der Waals surface area contributed by atoms with Gasteiger partial charge in [0.1, 0.15) is 5.82 Å². The van der Waals surface area contributed by atoms with E-state index in [1.54, 1.807) is 0 Å². The fourth-order valence-corrected chi connectivity index (χ4v) is 3.95. The van der Waals surface area contributed by atoms with Crippen molar-refractivity contribution in [3.8, 4) is 0 Å². The maximum Gasteiger partial charge on any atom is 0.223 e. The van der Waals surface area contributed by atoms with Gasteiger partial charge in [0, 0.05) is 37.8 Å². The smallest absolute Gasteiger partial charge is 0.223 e. The van der Waals surface area contributed by atoms with Crippen LogP contribution in [0.4, 0.5) is 10.1 Å². The number of amides is 1. The van der Waals surface area contributed by atoms with E-state index in [4.69, 9.17) is 0 Å². The van der Waals surface area contributed by atoms with Crippen molar-refractivity contribution in [2.24, 2.45) is 5.92 Å². The molecule has 0 radical (unpaired) electrons. The lowest BCUT2D eigenvalue weighted by Crippen LogP contribution is -2.40. The molecule has 0 bridgehead atoms. The van der Waals surface area contributed by atoms with Crippen molar-refractivity contribution in [3.63, 3.8) is 0 Å². The minimum atomic E-state index is -0.202. The molecule has 4 nitrogen and oxygen atoms in total. The zero-order chi connectivity index (χ0) is 20.6. The van der Waals surface area contributed by atoms with Gasteiger partial charge in [-0.1, -0.05) is 24.3 Å². The number of hydrogen-bond donors (Lipinski definition) is 1. The SMILES string of the molecule is CCN(CC)c1ccc(CNC(=O)C2CCN(Cc3ccc(F)cc3)CC2)cc1. The third kappa shape index (κ3) is 6.04. The zero-order valence-corrected chi connectivity index (χ0v) is 17.5. The van der Waals surface area contributed by atoms with Gasteiger partial charge in [-0.3, -0.25) is 9.69 Å². The fraction of sp³-hybridized carbons (Fsp3) is 0.458. The summed E-state index contributed by atoms with van der Waals surface area (Å²) < 4.78 is 13.0. The number of halogens is 1. The summed E-state index contributed by atoms with van der Waals surface area (Å²) in [7, 11) is 0. The summed E-state index contributed by atoms with van der Waals surface area (Å²) in [6.07, 6.45) is 1.74. The number of carbonyl (C=O) groups is 1. The number of hydrogen-bond acceptors (Lipinski definition) is 3. The third-order valence-corrected chi connectivity index (χ3v) is 5.81. The molecule has 1 fully saturated rings. The molecule has 1 saturated heterocycles. The Labute approximate surface area is 173 Å². The van der Waals surface area contributed by atoms with Crippen LogP contribution in [0.5, 0.6) is 0 Å². The van der Waals surface area contributed by atoms with Gasteiger partial charge in [0.25, 0.3) is 0 Å². The normalized spacial score (nSPS) is 15.3. The Morgan fingerprint density at radius 3 is 2.17 bits per heavy atom. The highest BCUT2D eigenvalue weighted by molar-refractivity contribution is 5.78. The van der Waals surface area contributed by atoms with Crippen LogP contribution in [0.2, 0.25) is 0 Å². The molecule has 1 heterocycles. The topological polar surface area (TPSA) is 35.6 Å². The van der Waals surface area contributed by atoms with Crippen LogP contribution in [0.3, 0.4) is 0 Å². The first-order chi connectivity index (χ1) is 14.1. The Balaban J connectivity index is 1.42. The number of carbonyl (C=O) groups excluding carboxylic acids is 1. The van der Waals surface area contributed by atoms with Gasteiger partial charge in [0.05, 0.1) is 0 Å². The fourth-order valence-electron chi connectivity index (χ4n) is 3.95. The molecule has 0 aromatic heterocycles. The molecule has 5 heteroatoms. The Kier molecular flexibility index (Phi) is 7.64. The summed E-state index contributed by atoms with van der Waals surface area (Å²) in [5, 5.41) is 3.10. The number of likely N-dealkylation sites (tertiary alicyclic amines) is 1. The van der Waals surface area contributed by atoms with Crippen LogP contribution in [0.15, 0.2) is 48.5 Å². The van der Waals surface area contributed by atoms with Gasteiger partial charge >= 0.3 is 0 Å². The summed E-state index contributed by atoms with van der Waals surface area (Å²) in [5.74, 6) is 0.0282. The Bertz CT molecular complexity index is 764. The first kappa shape index (κ1) is 21.3. The van der Waals surface area contributed by atoms with E-state index >= 15 is 0 Å². The van der Waals surface area contributed by atoms with Crippen molar-refractivity contribution < 1.29 is 9.18 Å².